The highest BCUT2D eigenvalue weighted by atomic mass is 16.2. The van der Waals surface area contributed by atoms with Gasteiger partial charge in [0.2, 0.25) is 0 Å². The van der Waals surface area contributed by atoms with Gasteiger partial charge in [0.15, 0.2) is 0 Å². The molecule has 1 fully saturated rings. The number of benzene rings is 2. The van der Waals surface area contributed by atoms with Gasteiger partial charge in [-0.2, -0.15) is 0 Å². The zero-order valence-corrected chi connectivity index (χ0v) is 19.8. The van der Waals surface area contributed by atoms with Crippen LogP contribution in [0.4, 0.5) is 5.82 Å². The van der Waals surface area contributed by atoms with E-state index in [0.29, 0.717) is 13.1 Å². The summed E-state index contributed by atoms with van der Waals surface area (Å²) in [5, 5.41) is 0. The smallest absolute Gasteiger partial charge is 0.255 e. The fourth-order valence-corrected chi connectivity index (χ4v) is 4.90. The van der Waals surface area contributed by atoms with Crippen molar-refractivity contribution in [3.8, 4) is 11.1 Å². The van der Waals surface area contributed by atoms with E-state index >= 15 is 0 Å². The van der Waals surface area contributed by atoms with Crippen molar-refractivity contribution >= 4 is 11.7 Å². The number of hydrogen-bond donors (Lipinski definition) is 0. The molecule has 0 N–H and O–H groups in total. The normalized spacial score (nSPS) is 16.4. The Balaban J connectivity index is 1.34. The molecule has 0 spiro atoms. The van der Waals surface area contributed by atoms with Crippen molar-refractivity contribution in [3.05, 3.63) is 82.5 Å². The standard InChI is InChI=1S/C28H32N4O/c1-4-21-5-7-22(8-6-21)18-32-19-25-16-24(15-20(2)27(25)28(32)33)23-9-10-26(29-17-23)31-13-11-30(3)12-14-31/h5-10,15-17H,4,11-14,18-19H2,1-3H3. The number of anilines is 1. The van der Waals surface area contributed by atoms with Gasteiger partial charge in [-0.15, -0.1) is 0 Å². The van der Waals surface area contributed by atoms with E-state index < -0.39 is 0 Å². The molecule has 0 bridgehead atoms. The molecule has 1 aromatic heterocycles. The monoisotopic (exact) mass is 440 g/mol. The number of fused-ring (bicyclic) bond motifs is 1. The third kappa shape index (κ3) is 4.38. The SMILES string of the molecule is CCc1ccc(CN2Cc3cc(-c4ccc(N5CCN(C)CC5)nc4)cc(C)c3C2=O)cc1. The van der Waals surface area contributed by atoms with E-state index in [-0.39, 0.29) is 5.91 Å². The summed E-state index contributed by atoms with van der Waals surface area (Å²) >= 11 is 0. The van der Waals surface area contributed by atoms with Crippen molar-refractivity contribution in [1.82, 2.24) is 14.8 Å². The predicted octanol–water partition coefficient (Wildman–Crippen LogP) is 4.53. The van der Waals surface area contributed by atoms with Crippen LogP contribution in [0.2, 0.25) is 0 Å². The molecule has 5 rings (SSSR count). The molecule has 33 heavy (non-hydrogen) atoms. The minimum atomic E-state index is 0.136. The molecule has 1 saturated heterocycles. The number of carbonyl (C=O) groups is 1. The maximum Gasteiger partial charge on any atom is 0.255 e. The summed E-state index contributed by atoms with van der Waals surface area (Å²) in [6.07, 6.45) is 3.00. The minimum absolute atomic E-state index is 0.136. The van der Waals surface area contributed by atoms with E-state index in [2.05, 4.69) is 72.3 Å². The van der Waals surface area contributed by atoms with Crippen molar-refractivity contribution < 1.29 is 4.79 Å². The molecule has 2 aromatic carbocycles. The number of aryl methyl sites for hydroxylation is 2. The number of rotatable bonds is 5. The molecule has 1 amide bonds. The quantitative estimate of drug-likeness (QED) is 0.585. The van der Waals surface area contributed by atoms with E-state index in [1.165, 1.54) is 11.1 Å². The number of nitrogens with zero attached hydrogens (tertiary/aromatic N) is 4. The van der Waals surface area contributed by atoms with Crippen LogP contribution in [-0.4, -0.2) is 53.9 Å². The van der Waals surface area contributed by atoms with Gasteiger partial charge in [0, 0.05) is 56.6 Å². The molecule has 5 nitrogen and oxygen atoms in total. The van der Waals surface area contributed by atoms with Gasteiger partial charge in [0.1, 0.15) is 5.82 Å². The van der Waals surface area contributed by atoms with E-state index in [9.17, 15) is 4.79 Å². The Bertz CT molecular complexity index is 1150. The van der Waals surface area contributed by atoms with Crippen molar-refractivity contribution in [3.63, 3.8) is 0 Å². The number of piperazine rings is 1. The zero-order chi connectivity index (χ0) is 22.9. The van der Waals surface area contributed by atoms with Crippen molar-refractivity contribution in [2.75, 3.05) is 38.1 Å². The number of hydrogen-bond acceptors (Lipinski definition) is 4. The van der Waals surface area contributed by atoms with Crippen molar-refractivity contribution in [1.29, 1.82) is 0 Å². The Morgan fingerprint density at radius 3 is 2.30 bits per heavy atom. The fourth-order valence-electron chi connectivity index (χ4n) is 4.90. The molecule has 5 heteroatoms. The number of pyridine rings is 1. The molecule has 2 aliphatic heterocycles. The highest BCUT2D eigenvalue weighted by Gasteiger charge is 2.29. The Labute approximate surface area is 196 Å². The second kappa shape index (κ2) is 8.99. The molecular weight excluding hydrogens is 408 g/mol. The molecule has 2 aliphatic rings. The Morgan fingerprint density at radius 1 is 0.909 bits per heavy atom. The first kappa shape index (κ1) is 21.7. The lowest BCUT2D eigenvalue weighted by Gasteiger charge is -2.33. The molecule has 170 valence electrons. The first-order chi connectivity index (χ1) is 16.0. The van der Waals surface area contributed by atoms with Gasteiger partial charge in [-0.25, -0.2) is 4.98 Å². The molecule has 0 unspecified atom stereocenters. The summed E-state index contributed by atoms with van der Waals surface area (Å²) in [5.74, 6) is 1.18. The lowest BCUT2D eigenvalue weighted by molar-refractivity contribution is 0.0766. The number of carbonyl (C=O) groups excluding carboxylic acids is 1. The predicted molar refractivity (Wildman–Crippen MR) is 134 cm³/mol. The molecular formula is C28H32N4O. The molecule has 3 aromatic rings. The van der Waals surface area contributed by atoms with Gasteiger partial charge in [-0.3, -0.25) is 4.79 Å². The van der Waals surface area contributed by atoms with Crippen molar-refractivity contribution in [2.24, 2.45) is 0 Å². The Morgan fingerprint density at radius 2 is 1.64 bits per heavy atom. The highest BCUT2D eigenvalue weighted by Crippen LogP contribution is 2.32. The summed E-state index contributed by atoms with van der Waals surface area (Å²) in [5.41, 5.74) is 7.75. The lowest BCUT2D eigenvalue weighted by Crippen LogP contribution is -2.44. The second-order valence-electron chi connectivity index (χ2n) is 9.35. The van der Waals surface area contributed by atoms with Crippen LogP contribution < -0.4 is 4.90 Å². The van der Waals surface area contributed by atoms with Crippen LogP contribution >= 0.6 is 0 Å². The summed E-state index contributed by atoms with van der Waals surface area (Å²) in [4.78, 5) is 24.6. The number of amides is 1. The summed E-state index contributed by atoms with van der Waals surface area (Å²) in [7, 11) is 2.16. The fraction of sp³-hybridized carbons (Fsp3) is 0.357. The van der Waals surface area contributed by atoms with E-state index in [1.807, 2.05) is 18.0 Å². The van der Waals surface area contributed by atoms with E-state index in [4.69, 9.17) is 4.98 Å². The first-order valence-electron chi connectivity index (χ1n) is 11.9. The topological polar surface area (TPSA) is 39.7 Å². The summed E-state index contributed by atoms with van der Waals surface area (Å²) < 4.78 is 0. The van der Waals surface area contributed by atoms with Gasteiger partial charge < -0.3 is 14.7 Å². The minimum Gasteiger partial charge on any atom is -0.354 e. The summed E-state index contributed by atoms with van der Waals surface area (Å²) in [6, 6.07) is 17.2. The van der Waals surface area contributed by atoms with Gasteiger partial charge in [-0.1, -0.05) is 37.3 Å². The maximum absolute atomic E-state index is 13.1. The third-order valence-electron chi connectivity index (χ3n) is 6.99. The summed E-state index contributed by atoms with van der Waals surface area (Å²) in [6.45, 7) is 9.68. The number of likely N-dealkylation sites (N-methyl/N-ethyl adjacent to an activating group) is 1. The third-order valence-corrected chi connectivity index (χ3v) is 6.99. The highest BCUT2D eigenvalue weighted by molar-refractivity contribution is 6.00. The van der Waals surface area contributed by atoms with E-state index in [0.717, 1.165) is 66.2 Å². The lowest BCUT2D eigenvalue weighted by atomic mass is 9.97. The van der Waals surface area contributed by atoms with Gasteiger partial charge in [0.25, 0.3) is 5.91 Å². The Kier molecular flexibility index (Phi) is 5.90. The first-order valence-corrected chi connectivity index (χ1v) is 11.9. The molecule has 0 aliphatic carbocycles. The van der Waals surface area contributed by atoms with Crippen LogP contribution in [0.1, 0.15) is 39.5 Å². The van der Waals surface area contributed by atoms with Gasteiger partial charge in [0.05, 0.1) is 0 Å². The average molecular weight is 441 g/mol. The number of aromatic nitrogens is 1. The van der Waals surface area contributed by atoms with Crippen LogP contribution in [0.15, 0.2) is 54.7 Å². The molecule has 0 atom stereocenters. The second-order valence-corrected chi connectivity index (χ2v) is 9.35. The van der Waals surface area contributed by atoms with Crippen molar-refractivity contribution in [2.45, 2.75) is 33.4 Å². The van der Waals surface area contributed by atoms with Crippen LogP contribution in [0.25, 0.3) is 11.1 Å². The molecule has 0 radical (unpaired) electrons. The average Bonchev–Trinajstić information content (AvgIpc) is 3.15. The van der Waals surface area contributed by atoms with E-state index in [1.54, 1.807) is 0 Å². The molecule has 3 heterocycles. The van der Waals surface area contributed by atoms with Crippen LogP contribution in [-0.2, 0) is 19.5 Å². The van der Waals surface area contributed by atoms with Crippen LogP contribution in [0.3, 0.4) is 0 Å². The zero-order valence-electron chi connectivity index (χ0n) is 19.8. The Hall–Kier alpha value is -3.18. The van der Waals surface area contributed by atoms with Gasteiger partial charge >= 0.3 is 0 Å². The van der Waals surface area contributed by atoms with Gasteiger partial charge in [-0.05, 0) is 66.4 Å². The van der Waals surface area contributed by atoms with Crippen LogP contribution in [0.5, 0.6) is 0 Å². The molecule has 0 saturated carbocycles. The van der Waals surface area contributed by atoms with Crippen LogP contribution in [0, 0.1) is 6.92 Å². The maximum atomic E-state index is 13.1. The largest absolute Gasteiger partial charge is 0.354 e.